The number of piperazine rings is 1. The minimum Gasteiger partial charge on any atom is -0.506 e. The molecule has 1 fully saturated rings. The van der Waals surface area contributed by atoms with Gasteiger partial charge in [0, 0.05) is 56.4 Å². The van der Waals surface area contributed by atoms with Crippen LogP contribution in [0.3, 0.4) is 0 Å². The number of phenolic OH excluding ortho intramolecular Hbond substituents is 1. The maximum atomic E-state index is 10.0. The van der Waals surface area contributed by atoms with Crippen LogP contribution in [0.4, 0.5) is 11.4 Å². The molecule has 8 nitrogen and oxygen atoms in total. The van der Waals surface area contributed by atoms with Crippen molar-refractivity contribution in [2.75, 3.05) is 58.3 Å². The fourth-order valence-electron chi connectivity index (χ4n) is 4.48. The van der Waals surface area contributed by atoms with Gasteiger partial charge in [-0.2, -0.15) is 5.26 Å². The molecule has 0 amide bonds. The van der Waals surface area contributed by atoms with Gasteiger partial charge < -0.3 is 29.7 Å². The highest BCUT2D eigenvalue weighted by Crippen LogP contribution is 2.40. The Morgan fingerprint density at radius 2 is 1.78 bits per heavy atom. The Kier molecular flexibility index (Phi) is 9.17. The Hall–Kier alpha value is -2.96. The molecule has 1 aromatic heterocycles. The van der Waals surface area contributed by atoms with Gasteiger partial charge in [0.05, 0.1) is 46.2 Å². The van der Waals surface area contributed by atoms with Gasteiger partial charge in [0.15, 0.2) is 11.5 Å². The van der Waals surface area contributed by atoms with E-state index in [1.165, 1.54) is 31.3 Å². The molecule has 2 heterocycles. The van der Waals surface area contributed by atoms with Gasteiger partial charge in [-0.1, -0.05) is 30.1 Å². The number of benzene rings is 2. The Labute approximate surface area is 227 Å². The zero-order valence-electron chi connectivity index (χ0n) is 21.1. The summed E-state index contributed by atoms with van der Waals surface area (Å²) in [6, 6.07) is 8.60. The number of nitrogens with one attached hydrogen (secondary N) is 1. The summed E-state index contributed by atoms with van der Waals surface area (Å²) in [6.45, 7) is 9.38. The summed E-state index contributed by atoms with van der Waals surface area (Å²) in [7, 11) is 1.58. The number of halogens is 2. The first-order valence-electron chi connectivity index (χ1n) is 12.4. The molecule has 3 aromatic rings. The van der Waals surface area contributed by atoms with E-state index in [0.29, 0.717) is 51.0 Å². The third-order valence-corrected chi connectivity index (χ3v) is 7.07. The molecule has 0 bridgehead atoms. The van der Waals surface area contributed by atoms with E-state index in [-0.39, 0.29) is 10.8 Å². The summed E-state index contributed by atoms with van der Waals surface area (Å²) in [5.74, 6) is 1.00. The molecule has 1 saturated heterocycles. The van der Waals surface area contributed by atoms with E-state index in [0.717, 1.165) is 39.1 Å². The van der Waals surface area contributed by atoms with Crippen molar-refractivity contribution in [1.29, 1.82) is 5.26 Å². The van der Waals surface area contributed by atoms with Crippen LogP contribution in [-0.4, -0.2) is 72.9 Å². The lowest BCUT2D eigenvalue weighted by Crippen LogP contribution is -2.46. The summed E-state index contributed by atoms with van der Waals surface area (Å²) in [4.78, 5) is 9.45. The van der Waals surface area contributed by atoms with Crippen molar-refractivity contribution < 1.29 is 14.6 Å². The smallest absolute Gasteiger partial charge is 0.163 e. The van der Waals surface area contributed by atoms with Crippen molar-refractivity contribution in [3.63, 3.8) is 0 Å². The van der Waals surface area contributed by atoms with Gasteiger partial charge >= 0.3 is 0 Å². The van der Waals surface area contributed by atoms with E-state index in [2.05, 4.69) is 33.1 Å². The minimum absolute atomic E-state index is 0.124. The van der Waals surface area contributed by atoms with Gasteiger partial charge in [0.2, 0.25) is 0 Å². The molecule has 0 aliphatic carbocycles. The topological polar surface area (TPSA) is 93.9 Å². The van der Waals surface area contributed by atoms with Crippen molar-refractivity contribution in [1.82, 2.24) is 14.8 Å². The monoisotopic (exact) mass is 543 g/mol. The molecular weight excluding hydrogens is 513 g/mol. The van der Waals surface area contributed by atoms with Crippen LogP contribution < -0.4 is 14.8 Å². The number of aromatic hydroxyl groups is 1. The summed E-state index contributed by atoms with van der Waals surface area (Å²) >= 11 is 12.3. The van der Waals surface area contributed by atoms with Crippen LogP contribution in [0.2, 0.25) is 10.0 Å². The zero-order valence-corrected chi connectivity index (χ0v) is 22.6. The van der Waals surface area contributed by atoms with Gasteiger partial charge in [0.25, 0.3) is 0 Å². The van der Waals surface area contributed by atoms with E-state index in [1.807, 2.05) is 6.07 Å². The third kappa shape index (κ3) is 6.49. The summed E-state index contributed by atoms with van der Waals surface area (Å²) < 4.78 is 11.7. The van der Waals surface area contributed by atoms with E-state index < -0.39 is 0 Å². The number of nitriles is 1. The van der Waals surface area contributed by atoms with Gasteiger partial charge in [0.1, 0.15) is 11.8 Å². The second kappa shape index (κ2) is 12.5. The van der Waals surface area contributed by atoms with Crippen LogP contribution >= 0.6 is 23.2 Å². The number of fused-ring (bicyclic) bond motifs is 1. The number of pyridine rings is 1. The van der Waals surface area contributed by atoms with Crippen LogP contribution in [0.25, 0.3) is 10.9 Å². The van der Waals surface area contributed by atoms with Crippen LogP contribution in [-0.2, 0) is 0 Å². The Bertz CT molecular complexity index is 1290. The van der Waals surface area contributed by atoms with Crippen molar-refractivity contribution in [2.45, 2.75) is 19.8 Å². The first-order valence-corrected chi connectivity index (χ1v) is 13.1. The van der Waals surface area contributed by atoms with Crippen molar-refractivity contribution in [3.8, 4) is 23.3 Å². The molecule has 37 heavy (non-hydrogen) atoms. The molecule has 10 heteroatoms. The number of aromatic nitrogens is 1. The lowest BCUT2D eigenvalue weighted by Gasteiger charge is -2.34. The van der Waals surface area contributed by atoms with Crippen molar-refractivity contribution in [3.05, 3.63) is 46.1 Å². The minimum atomic E-state index is -0.124. The van der Waals surface area contributed by atoms with Gasteiger partial charge in [-0.15, -0.1) is 0 Å². The quantitative estimate of drug-likeness (QED) is 0.316. The maximum absolute atomic E-state index is 10.0. The van der Waals surface area contributed by atoms with Crippen molar-refractivity contribution >= 4 is 45.5 Å². The summed E-state index contributed by atoms with van der Waals surface area (Å²) in [5.41, 5.74) is 1.83. The number of nitrogens with zero attached hydrogens (tertiary/aromatic N) is 4. The highest BCUT2D eigenvalue weighted by molar-refractivity contribution is 6.37. The highest BCUT2D eigenvalue weighted by atomic mass is 35.5. The predicted molar refractivity (Wildman–Crippen MR) is 148 cm³/mol. The molecule has 2 N–H and O–H groups in total. The third-order valence-electron chi connectivity index (χ3n) is 6.45. The van der Waals surface area contributed by atoms with Gasteiger partial charge in [-0.3, -0.25) is 4.98 Å². The number of hydrogen-bond donors (Lipinski definition) is 2. The first-order chi connectivity index (χ1) is 17.9. The fraction of sp³-hybridized carbons (Fsp3) is 0.407. The van der Waals surface area contributed by atoms with Crippen LogP contribution in [0.15, 0.2) is 30.5 Å². The number of anilines is 2. The fourth-order valence-corrected chi connectivity index (χ4v) is 4.91. The molecule has 1 aliphatic heterocycles. The molecule has 0 unspecified atom stereocenters. The highest BCUT2D eigenvalue weighted by Gasteiger charge is 2.18. The zero-order chi connectivity index (χ0) is 26.4. The Balaban J connectivity index is 1.49. The van der Waals surface area contributed by atoms with E-state index in [4.69, 9.17) is 32.7 Å². The first kappa shape index (κ1) is 27.1. The molecule has 1 aliphatic rings. The molecule has 0 saturated carbocycles. The molecule has 2 aromatic carbocycles. The molecule has 0 spiro atoms. The number of hydrogen-bond acceptors (Lipinski definition) is 8. The second-order valence-electron chi connectivity index (χ2n) is 8.97. The lowest BCUT2D eigenvalue weighted by atomic mass is 10.1. The number of rotatable bonds is 10. The summed E-state index contributed by atoms with van der Waals surface area (Å²) in [6.07, 6.45) is 3.59. The van der Waals surface area contributed by atoms with Crippen LogP contribution in [0, 0.1) is 11.3 Å². The Morgan fingerprint density at radius 1 is 1.05 bits per heavy atom. The molecule has 0 radical (unpaired) electrons. The number of ether oxygens (including phenoxy) is 2. The SMILES string of the molecule is CCCN1CCN(CCCOc2cc3ncc(C#N)c(Nc4cc(O)c(Cl)cc4Cl)c3cc2OC)CC1. The van der Waals surface area contributed by atoms with Gasteiger partial charge in [-0.05, 0) is 31.5 Å². The standard InChI is InChI=1S/C27H31Cl2N5O3/c1-3-5-33-7-9-34(10-8-33)6-4-11-37-26-15-22-19(12-25(26)36-2)27(18(16-30)17-31-22)32-23-14-24(35)21(29)13-20(23)28/h12-15,17,35H,3-11H2,1-2H3,(H,31,32). The second-order valence-corrected chi connectivity index (χ2v) is 9.79. The average Bonchev–Trinajstić information content (AvgIpc) is 2.90. The molecule has 0 atom stereocenters. The predicted octanol–water partition coefficient (Wildman–Crippen LogP) is 5.67. The lowest BCUT2D eigenvalue weighted by molar-refractivity contribution is 0.126. The molecular formula is C27H31Cl2N5O3. The summed E-state index contributed by atoms with van der Waals surface area (Å²) in [5, 5.41) is 24.0. The average molecular weight is 544 g/mol. The normalized spacial score (nSPS) is 14.5. The van der Waals surface area contributed by atoms with E-state index in [1.54, 1.807) is 13.2 Å². The molecule has 196 valence electrons. The maximum Gasteiger partial charge on any atom is 0.163 e. The number of methoxy groups -OCH3 is 1. The van der Waals surface area contributed by atoms with Gasteiger partial charge in [-0.25, -0.2) is 0 Å². The largest absolute Gasteiger partial charge is 0.506 e. The van der Waals surface area contributed by atoms with Crippen LogP contribution in [0.1, 0.15) is 25.3 Å². The van der Waals surface area contributed by atoms with Crippen molar-refractivity contribution in [2.24, 2.45) is 0 Å². The molecule has 4 rings (SSSR count). The van der Waals surface area contributed by atoms with E-state index >= 15 is 0 Å². The van der Waals surface area contributed by atoms with Crippen LogP contribution in [0.5, 0.6) is 17.2 Å². The number of phenols is 1. The van der Waals surface area contributed by atoms with E-state index in [9.17, 15) is 10.4 Å². The Morgan fingerprint density at radius 3 is 2.46 bits per heavy atom.